The van der Waals surface area contributed by atoms with Crippen LogP contribution in [0.4, 0.5) is 5.69 Å². The first-order chi connectivity index (χ1) is 12.0. The molecule has 0 spiro atoms. The molecule has 0 bridgehead atoms. The maximum atomic E-state index is 12.8. The molecule has 2 aromatic heterocycles. The van der Waals surface area contributed by atoms with E-state index in [1.54, 1.807) is 11.0 Å². The van der Waals surface area contributed by atoms with Crippen molar-refractivity contribution >= 4 is 33.1 Å². The van der Waals surface area contributed by atoms with Gasteiger partial charge in [0.15, 0.2) is 0 Å². The van der Waals surface area contributed by atoms with Crippen molar-refractivity contribution < 1.29 is 4.79 Å². The molecule has 25 heavy (non-hydrogen) atoms. The summed E-state index contributed by atoms with van der Waals surface area (Å²) in [6.07, 6.45) is 1.80. The van der Waals surface area contributed by atoms with Crippen LogP contribution in [0.25, 0.3) is 10.2 Å². The SMILES string of the molecule is Cc1cc2c(=O)n(CC(=O)N3CCCc4ccccc43)c(=O)[nH]c2s1. The summed E-state index contributed by atoms with van der Waals surface area (Å²) in [5, 5.41) is 0.453. The molecule has 7 heteroatoms. The second kappa shape index (κ2) is 6.00. The number of aromatic nitrogens is 2. The van der Waals surface area contributed by atoms with E-state index in [1.807, 2.05) is 31.2 Å². The molecule has 128 valence electrons. The van der Waals surface area contributed by atoms with Crippen molar-refractivity contribution in [1.29, 1.82) is 0 Å². The standard InChI is InChI=1S/C18H17N3O3S/c1-11-9-13-16(25-11)19-18(24)21(17(13)23)10-15(22)20-8-4-6-12-5-2-3-7-14(12)20/h2-3,5,7,9H,4,6,8,10H2,1H3,(H,19,24). The normalized spacial score (nSPS) is 13.9. The molecule has 1 aromatic carbocycles. The third-order valence-corrected chi connectivity index (χ3v) is 5.47. The average molecular weight is 355 g/mol. The van der Waals surface area contributed by atoms with Gasteiger partial charge < -0.3 is 4.90 Å². The van der Waals surface area contributed by atoms with Crippen LogP contribution in [0.5, 0.6) is 0 Å². The van der Waals surface area contributed by atoms with Crippen molar-refractivity contribution in [3.63, 3.8) is 0 Å². The van der Waals surface area contributed by atoms with Gasteiger partial charge in [0.1, 0.15) is 11.4 Å². The summed E-state index contributed by atoms with van der Waals surface area (Å²) in [4.78, 5) is 43.5. The van der Waals surface area contributed by atoms with Gasteiger partial charge >= 0.3 is 5.69 Å². The Balaban J connectivity index is 1.72. The summed E-state index contributed by atoms with van der Waals surface area (Å²) in [6, 6.07) is 9.51. The molecule has 0 radical (unpaired) electrons. The lowest BCUT2D eigenvalue weighted by Gasteiger charge is -2.29. The summed E-state index contributed by atoms with van der Waals surface area (Å²) in [5.41, 5.74) is 1.03. The molecule has 3 heterocycles. The predicted molar refractivity (Wildman–Crippen MR) is 98.6 cm³/mol. The summed E-state index contributed by atoms with van der Waals surface area (Å²) in [7, 11) is 0. The average Bonchev–Trinajstić information content (AvgIpc) is 2.98. The van der Waals surface area contributed by atoms with E-state index in [9.17, 15) is 14.4 Å². The van der Waals surface area contributed by atoms with E-state index in [1.165, 1.54) is 11.3 Å². The Morgan fingerprint density at radius 3 is 2.92 bits per heavy atom. The van der Waals surface area contributed by atoms with Gasteiger partial charge in [-0.2, -0.15) is 0 Å². The highest BCUT2D eigenvalue weighted by Crippen LogP contribution is 2.26. The fourth-order valence-electron chi connectivity index (χ4n) is 3.33. The second-order valence-corrected chi connectivity index (χ2v) is 7.46. The first-order valence-electron chi connectivity index (χ1n) is 8.16. The zero-order valence-corrected chi connectivity index (χ0v) is 14.6. The molecule has 3 aromatic rings. The lowest BCUT2D eigenvalue weighted by molar-refractivity contribution is -0.119. The molecule has 1 aliphatic heterocycles. The molecule has 1 N–H and O–H groups in total. The lowest BCUT2D eigenvalue weighted by atomic mass is 10.0. The van der Waals surface area contributed by atoms with Crippen molar-refractivity contribution in [2.75, 3.05) is 11.4 Å². The Kier molecular flexibility index (Phi) is 3.80. The number of thiophene rings is 1. The summed E-state index contributed by atoms with van der Waals surface area (Å²) in [6.45, 7) is 2.22. The Morgan fingerprint density at radius 2 is 2.08 bits per heavy atom. The Bertz CT molecular complexity index is 1090. The number of carbonyl (C=O) groups excluding carboxylic acids is 1. The summed E-state index contributed by atoms with van der Waals surface area (Å²) < 4.78 is 0.994. The molecule has 1 amide bonds. The number of H-pyrrole nitrogens is 1. The van der Waals surface area contributed by atoms with Crippen LogP contribution in [0, 0.1) is 6.92 Å². The summed E-state index contributed by atoms with van der Waals surface area (Å²) >= 11 is 1.36. The minimum Gasteiger partial charge on any atom is -0.311 e. The van der Waals surface area contributed by atoms with E-state index in [0.717, 1.165) is 33.5 Å². The Labute approximate surface area is 147 Å². The van der Waals surface area contributed by atoms with Gasteiger partial charge in [-0.1, -0.05) is 18.2 Å². The zero-order valence-electron chi connectivity index (χ0n) is 13.7. The molecule has 0 unspecified atom stereocenters. The second-order valence-electron chi connectivity index (χ2n) is 6.20. The number of amides is 1. The van der Waals surface area contributed by atoms with E-state index in [4.69, 9.17) is 0 Å². The van der Waals surface area contributed by atoms with Gasteiger partial charge in [-0.15, -0.1) is 11.3 Å². The first kappa shape index (κ1) is 15.8. The highest BCUT2D eigenvalue weighted by atomic mass is 32.1. The van der Waals surface area contributed by atoms with Crippen molar-refractivity contribution in [1.82, 2.24) is 9.55 Å². The van der Waals surface area contributed by atoms with E-state index in [2.05, 4.69) is 4.98 Å². The molecule has 0 fully saturated rings. The molecular weight excluding hydrogens is 338 g/mol. The smallest absolute Gasteiger partial charge is 0.311 e. The number of nitrogens with zero attached hydrogens (tertiary/aromatic N) is 2. The molecule has 0 saturated carbocycles. The van der Waals surface area contributed by atoms with E-state index in [0.29, 0.717) is 16.8 Å². The number of rotatable bonds is 2. The van der Waals surface area contributed by atoms with E-state index < -0.39 is 11.2 Å². The van der Waals surface area contributed by atoms with Crippen molar-refractivity contribution in [3.8, 4) is 0 Å². The van der Waals surface area contributed by atoms with Crippen LogP contribution < -0.4 is 16.1 Å². The molecular formula is C18H17N3O3S. The Morgan fingerprint density at radius 1 is 1.28 bits per heavy atom. The highest BCUT2D eigenvalue weighted by Gasteiger charge is 2.23. The summed E-state index contributed by atoms with van der Waals surface area (Å²) in [5.74, 6) is -0.244. The molecule has 4 rings (SSSR count). The maximum Gasteiger partial charge on any atom is 0.329 e. The molecule has 6 nitrogen and oxygen atoms in total. The zero-order chi connectivity index (χ0) is 17.6. The molecule has 1 aliphatic rings. The van der Waals surface area contributed by atoms with E-state index >= 15 is 0 Å². The van der Waals surface area contributed by atoms with Crippen molar-refractivity contribution in [3.05, 3.63) is 61.6 Å². The number of hydrogen-bond acceptors (Lipinski definition) is 4. The van der Waals surface area contributed by atoms with Gasteiger partial charge in [-0.3, -0.25) is 19.1 Å². The van der Waals surface area contributed by atoms with Gasteiger partial charge in [0.2, 0.25) is 5.91 Å². The number of nitrogens with one attached hydrogen (secondary N) is 1. The number of aromatic amines is 1. The van der Waals surface area contributed by atoms with Crippen LogP contribution in [0.2, 0.25) is 0 Å². The van der Waals surface area contributed by atoms with Crippen molar-refractivity contribution in [2.45, 2.75) is 26.3 Å². The van der Waals surface area contributed by atoms with Gasteiger partial charge in [-0.25, -0.2) is 4.79 Å². The molecule has 0 aliphatic carbocycles. The van der Waals surface area contributed by atoms with Crippen LogP contribution in [0.3, 0.4) is 0 Å². The largest absolute Gasteiger partial charge is 0.329 e. The number of hydrogen-bond donors (Lipinski definition) is 1. The fraction of sp³-hybridized carbons (Fsp3) is 0.278. The third-order valence-electron chi connectivity index (χ3n) is 4.50. The predicted octanol–water partition coefficient (Wildman–Crippen LogP) is 2.04. The van der Waals surface area contributed by atoms with Crippen LogP contribution in [0.1, 0.15) is 16.9 Å². The van der Waals surface area contributed by atoms with Crippen LogP contribution in [-0.2, 0) is 17.8 Å². The minimum atomic E-state index is -0.544. The number of fused-ring (bicyclic) bond motifs is 2. The number of benzene rings is 1. The van der Waals surface area contributed by atoms with Gasteiger partial charge in [-0.05, 0) is 37.5 Å². The van der Waals surface area contributed by atoms with Crippen LogP contribution >= 0.6 is 11.3 Å². The maximum absolute atomic E-state index is 12.8. The molecule has 0 saturated heterocycles. The van der Waals surface area contributed by atoms with Gasteiger partial charge in [0.25, 0.3) is 5.56 Å². The quantitative estimate of drug-likeness (QED) is 0.764. The third kappa shape index (κ3) is 2.70. The molecule has 0 atom stereocenters. The fourth-order valence-corrected chi connectivity index (χ4v) is 4.22. The van der Waals surface area contributed by atoms with Gasteiger partial charge in [0, 0.05) is 17.1 Å². The van der Waals surface area contributed by atoms with E-state index in [-0.39, 0.29) is 12.5 Å². The number of para-hydroxylation sites is 1. The van der Waals surface area contributed by atoms with Crippen LogP contribution in [-0.4, -0.2) is 22.0 Å². The van der Waals surface area contributed by atoms with Crippen LogP contribution in [0.15, 0.2) is 39.9 Å². The monoisotopic (exact) mass is 355 g/mol. The first-order valence-corrected chi connectivity index (χ1v) is 8.98. The minimum absolute atomic E-state index is 0.244. The Hall–Kier alpha value is -2.67. The number of carbonyl (C=O) groups is 1. The number of anilines is 1. The topological polar surface area (TPSA) is 75.2 Å². The van der Waals surface area contributed by atoms with Crippen molar-refractivity contribution in [2.24, 2.45) is 0 Å². The van der Waals surface area contributed by atoms with Gasteiger partial charge in [0.05, 0.1) is 5.39 Å². The lowest BCUT2D eigenvalue weighted by Crippen LogP contribution is -2.43. The highest BCUT2D eigenvalue weighted by molar-refractivity contribution is 7.18. The number of aryl methyl sites for hydroxylation is 2.